The lowest BCUT2D eigenvalue weighted by atomic mass is 9.98. The van der Waals surface area contributed by atoms with Crippen molar-refractivity contribution in [3.63, 3.8) is 0 Å². The van der Waals surface area contributed by atoms with E-state index in [-0.39, 0.29) is 0 Å². The summed E-state index contributed by atoms with van der Waals surface area (Å²) in [6, 6.07) is 6.33. The van der Waals surface area contributed by atoms with E-state index in [1.54, 1.807) is 0 Å². The monoisotopic (exact) mass is 248 g/mol. The van der Waals surface area contributed by atoms with Crippen molar-refractivity contribution in [3.05, 3.63) is 23.8 Å². The van der Waals surface area contributed by atoms with Gasteiger partial charge in [0, 0.05) is 6.54 Å². The van der Waals surface area contributed by atoms with Gasteiger partial charge in [0.05, 0.1) is 12.3 Å². The van der Waals surface area contributed by atoms with Gasteiger partial charge in [-0.25, -0.2) is 0 Å². The maximum absolute atomic E-state index is 5.66. The summed E-state index contributed by atoms with van der Waals surface area (Å²) in [6.45, 7) is 8.20. The predicted molar refractivity (Wildman–Crippen MR) is 76.4 cm³/mol. The van der Waals surface area contributed by atoms with E-state index in [0.29, 0.717) is 6.61 Å². The Morgan fingerprint density at radius 2 is 2.11 bits per heavy atom. The van der Waals surface area contributed by atoms with Gasteiger partial charge < -0.3 is 15.4 Å². The van der Waals surface area contributed by atoms with Crippen molar-refractivity contribution in [1.82, 2.24) is 5.32 Å². The number of aryl methyl sites for hydroxylation is 1. The van der Waals surface area contributed by atoms with Crippen molar-refractivity contribution in [2.45, 2.75) is 26.7 Å². The number of hydrogen-bond donors (Lipinski definition) is 2. The van der Waals surface area contributed by atoms with Gasteiger partial charge in [0.25, 0.3) is 0 Å². The first kappa shape index (κ1) is 13.2. The van der Waals surface area contributed by atoms with Gasteiger partial charge in [-0.3, -0.25) is 0 Å². The third kappa shape index (κ3) is 3.64. The van der Waals surface area contributed by atoms with Crippen LogP contribution in [0.4, 0.5) is 5.69 Å². The zero-order valence-electron chi connectivity index (χ0n) is 11.5. The van der Waals surface area contributed by atoms with Crippen LogP contribution in [0.1, 0.15) is 25.3 Å². The van der Waals surface area contributed by atoms with E-state index in [0.717, 1.165) is 37.0 Å². The first-order valence-electron chi connectivity index (χ1n) is 6.97. The second-order valence-electron chi connectivity index (χ2n) is 5.01. The molecule has 1 aliphatic rings. The van der Waals surface area contributed by atoms with Gasteiger partial charge in [-0.1, -0.05) is 6.07 Å². The molecule has 1 heterocycles. The summed E-state index contributed by atoms with van der Waals surface area (Å²) in [5.41, 5.74) is 2.40. The van der Waals surface area contributed by atoms with E-state index in [1.807, 2.05) is 6.92 Å². The van der Waals surface area contributed by atoms with Gasteiger partial charge in [0.1, 0.15) is 5.75 Å². The minimum atomic E-state index is 0.713. The molecule has 100 valence electrons. The summed E-state index contributed by atoms with van der Waals surface area (Å²) in [4.78, 5) is 0. The molecule has 0 aromatic heterocycles. The molecule has 0 bridgehead atoms. The second-order valence-corrected chi connectivity index (χ2v) is 5.01. The van der Waals surface area contributed by atoms with E-state index in [9.17, 15) is 0 Å². The minimum absolute atomic E-state index is 0.713. The van der Waals surface area contributed by atoms with Gasteiger partial charge in [-0.2, -0.15) is 0 Å². The third-order valence-corrected chi connectivity index (χ3v) is 3.47. The molecule has 2 rings (SSSR count). The molecule has 0 amide bonds. The summed E-state index contributed by atoms with van der Waals surface area (Å²) < 4.78 is 5.66. The Kier molecular flexibility index (Phi) is 4.88. The number of hydrogen-bond acceptors (Lipinski definition) is 3. The van der Waals surface area contributed by atoms with E-state index in [1.165, 1.54) is 18.4 Å². The highest BCUT2D eigenvalue weighted by Gasteiger charge is 2.13. The van der Waals surface area contributed by atoms with E-state index in [4.69, 9.17) is 4.74 Å². The second kappa shape index (κ2) is 6.64. The summed E-state index contributed by atoms with van der Waals surface area (Å²) in [5, 5.41) is 6.96. The quantitative estimate of drug-likeness (QED) is 0.840. The number of benzene rings is 1. The molecule has 3 heteroatoms. The van der Waals surface area contributed by atoms with Crippen molar-refractivity contribution in [2.75, 3.05) is 31.6 Å². The fourth-order valence-corrected chi connectivity index (χ4v) is 2.40. The van der Waals surface area contributed by atoms with Crippen LogP contribution in [-0.4, -0.2) is 26.2 Å². The lowest BCUT2D eigenvalue weighted by molar-refractivity contribution is 0.341. The van der Waals surface area contributed by atoms with Crippen LogP contribution >= 0.6 is 0 Å². The summed E-state index contributed by atoms with van der Waals surface area (Å²) in [6.07, 6.45) is 2.53. The van der Waals surface area contributed by atoms with Crippen LogP contribution < -0.4 is 15.4 Å². The highest BCUT2D eigenvalue weighted by molar-refractivity contribution is 5.58. The Morgan fingerprint density at radius 1 is 1.33 bits per heavy atom. The molecule has 0 atom stereocenters. The van der Waals surface area contributed by atoms with Crippen molar-refractivity contribution in [3.8, 4) is 5.75 Å². The zero-order chi connectivity index (χ0) is 12.8. The predicted octanol–water partition coefficient (Wildman–Crippen LogP) is 2.81. The first-order valence-corrected chi connectivity index (χ1v) is 6.97. The molecule has 2 N–H and O–H groups in total. The average molecular weight is 248 g/mol. The van der Waals surface area contributed by atoms with Gasteiger partial charge in [-0.15, -0.1) is 0 Å². The lowest BCUT2D eigenvalue weighted by Gasteiger charge is -2.24. The third-order valence-electron chi connectivity index (χ3n) is 3.47. The Balaban J connectivity index is 1.95. The normalized spacial score (nSPS) is 16.6. The Morgan fingerprint density at radius 3 is 2.83 bits per heavy atom. The van der Waals surface area contributed by atoms with Gasteiger partial charge in [0.15, 0.2) is 0 Å². The van der Waals surface area contributed by atoms with E-state index >= 15 is 0 Å². The van der Waals surface area contributed by atoms with E-state index < -0.39 is 0 Å². The maximum atomic E-state index is 5.66. The molecule has 18 heavy (non-hydrogen) atoms. The summed E-state index contributed by atoms with van der Waals surface area (Å²) in [7, 11) is 0. The fraction of sp³-hybridized carbons (Fsp3) is 0.600. The largest absolute Gasteiger partial charge is 0.492 e. The Labute approximate surface area is 110 Å². The van der Waals surface area contributed by atoms with Crippen molar-refractivity contribution in [2.24, 2.45) is 5.92 Å². The molecule has 1 aliphatic heterocycles. The highest BCUT2D eigenvalue weighted by atomic mass is 16.5. The van der Waals surface area contributed by atoms with E-state index in [2.05, 4.69) is 35.8 Å². The number of rotatable bonds is 5. The lowest BCUT2D eigenvalue weighted by Crippen LogP contribution is -2.31. The van der Waals surface area contributed by atoms with Gasteiger partial charge in [-0.05, 0) is 63.4 Å². The van der Waals surface area contributed by atoms with Crippen LogP contribution in [0.5, 0.6) is 5.75 Å². The summed E-state index contributed by atoms with van der Waals surface area (Å²) >= 11 is 0. The van der Waals surface area contributed by atoms with Crippen molar-refractivity contribution < 1.29 is 4.74 Å². The summed E-state index contributed by atoms with van der Waals surface area (Å²) in [5.74, 6) is 1.75. The van der Waals surface area contributed by atoms with Gasteiger partial charge in [0.2, 0.25) is 0 Å². The number of piperidine rings is 1. The smallest absolute Gasteiger partial charge is 0.142 e. The van der Waals surface area contributed by atoms with Crippen molar-refractivity contribution in [1.29, 1.82) is 0 Å². The molecule has 3 nitrogen and oxygen atoms in total. The fourth-order valence-electron chi connectivity index (χ4n) is 2.40. The standard InChI is InChI=1S/C15H24N2O/c1-3-18-15-5-4-12(2)10-14(15)17-11-13-6-8-16-9-7-13/h4-5,10,13,16-17H,3,6-9,11H2,1-2H3. The van der Waals surface area contributed by atoms with Crippen LogP contribution in [0.25, 0.3) is 0 Å². The number of ether oxygens (including phenoxy) is 1. The zero-order valence-corrected chi connectivity index (χ0v) is 11.5. The minimum Gasteiger partial charge on any atom is -0.492 e. The molecule has 0 unspecified atom stereocenters. The van der Waals surface area contributed by atoms with Crippen LogP contribution in [0.15, 0.2) is 18.2 Å². The number of anilines is 1. The Hall–Kier alpha value is -1.22. The molecule has 1 fully saturated rings. The number of nitrogens with one attached hydrogen (secondary N) is 2. The highest BCUT2D eigenvalue weighted by Crippen LogP contribution is 2.26. The molecule has 1 aromatic rings. The topological polar surface area (TPSA) is 33.3 Å². The molecular weight excluding hydrogens is 224 g/mol. The average Bonchev–Trinajstić information content (AvgIpc) is 2.40. The van der Waals surface area contributed by atoms with Crippen LogP contribution in [0.2, 0.25) is 0 Å². The van der Waals surface area contributed by atoms with Gasteiger partial charge >= 0.3 is 0 Å². The van der Waals surface area contributed by atoms with Crippen LogP contribution in [0.3, 0.4) is 0 Å². The first-order chi connectivity index (χ1) is 8.79. The molecule has 1 aromatic carbocycles. The molecule has 0 saturated carbocycles. The molecule has 1 saturated heterocycles. The molecular formula is C15H24N2O. The van der Waals surface area contributed by atoms with Crippen LogP contribution in [-0.2, 0) is 0 Å². The molecule has 0 radical (unpaired) electrons. The molecule has 0 spiro atoms. The van der Waals surface area contributed by atoms with Crippen molar-refractivity contribution >= 4 is 5.69 Å². The SMILES string of the molecule is CCOc1ccc(C)cc1NCC1CCNCC1. The molecule has 0 aliphatic carbocycles. The Bertz CT molecular complexity index is 373. The maximum Gasteiger partial charge on any atom is 0.142 e. The van der Waals surface area contributed by atoms with Crippen LogP contribution in [0, 0.1) is 12.8 Å².